The number of rotatable bonds is 7. The van der Waals surface area contributed by atoms with Gasteiger partial charge in [0.2, 0.25) is 0 Å². The molecule has 2 aromatic heterocycles. The Balaban J connectivity index is 1.67. The second-order valence-corrected chi connectivity index (χ2v) is 8.65. The highest BCUT2D eigenvalue weighted by Gasteiger charge is 2.19. The van der Waals surface area contributed by atoms with Crippen molar-refractivity contribution < 1.29 is 23.4 Å². The number of aromatic nitrogens is 2. The molecule has 0 unspecified atom stereocenters. The number of imidazole rings is 1. The molecule has 0 aliphatic rings. The van der Waals surface area contributed by atoms with E-state index in [9.17, 15) is 9.59 Å². The first kappa shape index (κ1) is 24.8. The summed E-state index contributed by atoms with van der Waals surface area (Å²) in [7, 11) is 3.26. The van der Waals surface area contributed by atoms with Crippen molar-refractivity contribution in [2.24, 2.45) is 0 Å². The third-order valence-corrected chi connectivity index (χ3v) is 6.23. The molecule has 0 bridgehead atoms. The van der Waals surface area contributed by atoms with E-state index in [1.54, 1.807) is 21.1 Å². The van der Waals surface area contributed by atoms with Crippen LogP contribution in [-0.2, 0) is 4.74 Å². The number of aromatic amines is 1. The number of nitrogens with zero attached hydrogens (tertiary/aromatic N) is 1. The first-order valence-corrected chi connectivity index (χ1v) is 12.1. The van der Waals surface area contributed by atoms with Crippen LogP contribution in [0.25, 0.3) is 44.9 Å². The summed E-state index contributed by atoms with van der Waals surface area (Å²) in [5, 5.41) is 0.594. The summed E-state index contributed by atoms with van der Waals surface area (Å²) >= 11 is 0. The highest BCUT2D eigenvalue weighted by atomic mass is 16.5. The summed E-state index contributed by atoms with van der Waals surface area (Å²) in [5.74, 6) is 1.41. The average Bonchev–Trinajstić information content (AvgIpc) is 3.39. The third kappa shape index (κ3) is 4.64. The van der Waals surface area contributed by atoms with Gasteiger partial charge in [-0.15, -0.1) is 0 Å². The van der Waals surface area contributed by atoms with Crippen molar-refractivity contribution in [1.82, 2.24) is 9.97 Å². The number of ether oxygens (including phenoxy) is 3. The van der Waals surface area contributed by atoms with E-state index in [4.69, 9.17) is 23.6 Å². The van der Waals surface area contributed by atoms with Crippen molar-refractivity contribution in [3.05, 3.63) is 88.3 Å². The van der Waals surface area contributed by atoms with Crippen molar-refractivity contribution in [1.29, 1.82) is 0 Å². The number of nitrogens with one attached hydrogen (secondary N) is 1. The number of H-pyrrole nitrogens is 1. The molecule has 0 fully saturated rings. The summed E-state index contributed by atoms with van der Waals surface area (Å²) in [6.07, 6.45) is 0. The van der Waals surface area contributed by atoms with Gasteiger partial charge in [-0.25, -0.2) is 14.6 Å². The molecule has 38 heavy (non-hydrogen) atoms. The Labute approximate surface area is 218 Å². The zero-order valence-corrected chi connectivity index (χ0v) is 21.5. The zero-order chi connectivity index (χ0) is 26.8. The number of esters is 1. The van der Waals surface area contributed by atoms with Gasteiger partial charge in [0.15, 0.2) is 0 Å². The van der Waals surface area contributed by atoms with E-state index in [2.05, 4.69) is 4.98 Å². The largest absolute Gasteiger partial charge is 0.497 e. The third-order valence-electron chi connectivity index (χ3n) is 6.23. The molecule has 0 amide bonds. The molecule has 0 saturated heterocycles. The van der Waals surface area contributed by atoms with Gasteiger partial charge in [0.1, 0.15) is 28.5 Å². The molecule has 0 saturated carbocycles. The van der Waals surface area contributed by atoms with Crippen LogP contribution in [0.5, 0.6) is 11.5 Å². The molecule has 192 valence electrons. The van der Waals surface area contributed by atoms with Crippen LogP contribution in [0, 0.1) is 6.92 Å². The van der Waals surface area contributed by atoms with E-state index in [1.165, 1.54) is 6.07 Å². The molecule has 2 heterocycles. The first-order chi connectivity index (χ1) is 18.4. The van der Waals surface area contributed by atoms with E-state index < -0.39 is 11.6 Å². The van der Waals surface area contributed by atoms with Crippen LogP contribution >= 0.6 is 0 Å². The molecular weight excluding hydrogens is 484 g/mol. The van der Waals surface area contributed by atoms with Crippen LogP contribution < -0.4 is 15.1 Å². The predicted molar refractivity (Wildman–Crippen MR) is 145 cm³/mol. The maximum atomic E-state index is 12.4. The van der Waals surface area contributed by atoms with Gasteiger partial charge in [-0.1, -0.05) is 0 Å². The summed E-state index contributed by atoms with van der Waals surface area (Å²) in [4.78, 5) is 33.1. The molecule has 0 aliphatic carbocycles. The Morgan fingerprint density at radius 1 is 0.895 bits per heavy atom. The zero-order valence-electron chi connectivity index (χ0n) is 21.5. The normalized spacial score (nSPS) is 10.9. The van der Waals surface area contributed by atoms with Gasteiger partial charge in [-0.05, 0) is 86.1 Å². The van der Waals surface area contributed by atoms with E-state index >= 15 is 0 Å². The number of hydrogen-bond acceptors (Lipinski definition) is 7. The molecule has 0 spiro atoms. The SMILES string of the molecule is CCOC(=O)c1cc2cc(-c3nc(-c4ccc(OC)cc4)c(-c4ccc(OC)cc4)[nH]3)cc(C)c2oc1=O. The summed E-state index contributed by atoms with van der Waals surface area (Å²) in [6, 6.07) is 20.7. The first-order valence-electron chi connectivity index (χ1n) is 12.1. The van der Waals surface area contributed by atoms with Crippen molar-refractivity contribution in [3.63, 3.8) is 0 Å². The number of aryl methyl sites for hydroxylation is 1. The molecule has 5 rings (SSSR count). The Morgan fingerprint density at radius 3 is 2.13 bits per heavy atom. The van der Waals surface area contributed by atoms with Crippen LogP contribution in [0.2, 0.25) is 0 Å². The Bertz CT molecular complexity index is 1620. The van der Waals surface area contributed by atoms with Crippen LogP contribution in [0.3, 0.4) is 0 Å². The van der Waals surface area contributed by atoms with E-state index in [-0.39, 0.29) is 12.2 Å². The summed E-state index contributed by atoms with van der Waals surface area (Å²) < 4.78 is 21.1. The minimum Gasteiger partial charge on any atom is -0.497 e. The van der Waals surface area contributed by atoms with Gasteiger partial charge < -0.3 is 23.6 Å². The lowest BCUT2D eigenvalue weighted by molar-refractivity contribution is 0.0521. The molecule has 0 aliphatic heterocycles. The molecule has 1 N–H and O–H groups in total. The fourth-order valence-corrected chi connectivity index (χ4v) is 4.33. The van der Waals surface area contributed by atoms with Crippen molar-refractivity contribution in [2.45, 2.75) is 13.8 Å². The summed E-state index contributed by atoms with van der Waals surface area (Å²) in [5.41, 5.74) is 4.47. The van der Waals surface area contributed by atoms with Gasteiger partial charge in [-0.3, -0.25) is 0 Å². The fourth-order valence-electron chi connectivity index (χ4n) is 4.33. The smallest absolute Gasteiger partial charge is 0.351 e. The predicted octanol–water partition coefficient (Wildman–Crippen LogP) is 6.02. The van der Waals surface area contributed by atoms with Crippen molar-refractivity contribution >= 4 is 16.9 Å². The number of hydrogen-bond donors (Lipinski definition) is 1. The van der Waals surface area contributed by atoms with Crippen LogP contribution in [0.1, 0.15) is 22.8 Å². The van der Waals surface area contributed by atoms with E-state index in [0.29, 0.717) is 16.8 Å². The highest BCUT2D eigenvalue weighted by Crippen LogP contribution is 2.35. The molecule has 8 heteroatoms. The Morgan fingerprint density at radius 2 is 1.53 bits per heavy atom. The number of carbonyl (C=O) groups excluding carboxylic acids is 1. The van der Waals surface area contributed by atoms with E-state index in [0.717, 1.165) is 45.1 Å². The maximum Gasteiger partial charge on any atom is 0.351 e. The molecule has 8 nitrogen and oxygen atoms in total. The Hall–Kier alpha value is -4.85. The second-order valence-electron chi connectivity index (χ2n) is 8.65. The topological polar surface area (TPSA) is 104 Å². The number of carbonyl (C=O) groups is 1. The van der Waals surface area contributed by atoms with Crippen molar-refractivity contribution in [3.8, 4) is 45.4 Å². The van der Waals surface area contributed by atoms with Gasteiger partial charge in [0, 0.05) is 22.1 Å². The quantitative estimate of drug-likeness (QED) is 0.211. The average molecular weight is 511 g/mol. The molecule has 0 radical (unpaired) electrons. The van der Waals surface area contributed by atoms with Crippen LogP contribution in [-0.4, -0.2) is 36.8 Å². The Kier molecular flexibility index (Phi) is 6.70. The van der Waals surface area contributed by atoms with Gasteiger partial charge in [0.05, 0.1) is 32.2 Å². The fraction of sp³-hybridized carbons (Fsp3) is 0.167. The lowest BCUT2D eigenvalue weighted by Crippen LogP contribution is -2.16. The maximum absolute atomic E-state index is 12.4. The van der Waals surface area contributed by atoms with Crippen LogP contribution in [0.15, 0.2) is 75.9 Å². The number of methoxy groups -OCH3 is 2. The molecule has 5 aromatic rings. The lowest BCUT2D eigenvalue weighted by Gasteiger charge is -2.07. The second kappa shape index (κ2) is 10.3. The number of benzene rings is 3. The monoisotopic (exact) mass is 510 g/mol. The molecule has 0 atom stereocenters. The molecular formula is C30H26N2O6. The highest BCUT2D eigenvalue weighted by molar-refractivity contribution is 5.94. The lowest BCUT2D eigenvalue weighted by atomic mass is 10.0. The minimum atomic E-state index is -0.728. The minimum absolute atomic E-state index is 0.145. The van der Waals surface area contributed by atoms with Gasteiger partial charge in [0.25, 0.3) is 0 Å². The van der Waals surface area contributed by atoms with Crippen LogP contribution in [0.4, 0.5) is 0 Å². The standard InChI is InChI=1S/C30H26N2O6/c1-5-37-29(33)24-16-20-15-21(14-17(2)27(20)38-30(24)34)28-31-25(18-6-10-22(35-3)11-7-18)26(32-28)19-8-12-23(36-4)13-9-19/h6-16H,5H2,1-4H3,(H,31,32). The van der Waals surface area contributed by atoms with Gasteiger partial charge >= 0.3 is 11.6 Å². The number of fused-ring (bicyclic) bond motifs is 1. The van der Waals surface area contributed by atoms with Gasteiger partial charge in [-0.2, -0.15) is 0 Å². The molecule has 3 aromatic carbocycles. The summed E-state index contributed by atoms with van der Waals surface area (Å²) in [6.45, 7) is 3.68. The van der Waals surface area contributed by atoms with E-state index in [1.807, 2.05) is 67.6 Å². The van der Waals surface area contributed by atoms with Crippen molar-refractivity contribution in [2.75, 3.05) is 20.8 Å².